The molecule has 0 bridgehead atoms. The molecule has 0 aliphatic rings. The Bertz CT molecular complexity index is 1360. The van der Waals surface area contributed by atoms with Gasteiger partial charge in [0.2, 0.25) is 0 Å². The highest BCUT2D eigenvalue weighted by molar-refractivity contribution is 9.10. The molecule has 1 N–H and O–H groups in total. The number of rotatable bonds is 4. The van der Waals surface area contributed by atoms with Gasteiger partial charge in [-0.15, -0.1) is 0 Å². The zero-order valence-corrected chi connectivity index (χ0v) is 18.2. The highest BCUT2D eigenvalue weighted by Gasteiger charge is 2.23. The second-order valence-corrected chi connectivity index (χ2v) is 8.18. The van der Waals surface area contributed by atoms with Crippen LogP contribution in [-0.2, 0) is 0 Å². The molecule has 0 heterocycles. The van der Waals surface area contributed by atoms with E-state index in [0.717, 1.165) is 49.0 Å². The van der Waals surface area contributed by atoms with Gasteiger partial charge >= 0.3 is 0 Å². The van der Waals surface area contributed by atoms with E-state index < -0.39 is 0 Å². The van der Waals surface area contributed by atoms with Crippen molar-refractivity contribution in [3.63, 3.8) is 0 Å². The van der Waals surface area contributed by atoms with Gasteiger partial charge in [-0.25, -0.2) is 0 Å². The van der Waals surface area contributed by atoms with Gasteiger partial charge in [-0.2, -0.15) is 0 Å². The number of halogens is 1. The van der Waals surface area contributed by atoms with Crippen molar-refractivity contribution in [2.75, 3.05) is 0 Å². The fraction of sp³-hybridized carbons (Fsp3) is 0. The zero-order chi connectivity index (χ0) is 21.2. The normalized spacial score (nSPS) is 10.9. The van der Waals surface area contributed by atoms with Gasteiger partial charge in [-0.1, -0.05) is 107 Å². The number of hydrogen-bond acceptors (Lipinski definition) is 2. The monoisotopic (exact) mass is 466 g/mol. The Labute approximate surface area is 189 Å². The molecule has 0 unspecified atom stereocenters. The molecule has 0 aliphatic carbocycles. The van der Waals surface area contributed by atoms with Gasteiger partial charge < -0.3 is 9.84 Å². The van der Waals surface area contributed by atoms with Crippen LogP contribution in [0.4, 0.5) is 0 Å². The lowest BCUT2D eigenvalue weighted by Crippen LogP contribution is -1.95. The van der Waals surface area contributed by atoms with E-state index in [0.29, 0.717) is 0 Å². The maximum Gasteiger partial charge on any atom is 0.143 e. The Morgan fingerprint density at radius 1 is 0.581 bits per heavy atom. The van der Waals surface area contributed by atoms with Crippen LogP contribution in [0, 0.1) is 0 Å². The van der Waals surface area contributed by atoms with E-state index in [1.807, 2.05) is 109 Å². The van der Waals surface area contributed by atoms with E-state index in [-0.39, 0.29) is 5.75 Å². The van der Waals surface area contributed by atoms with E-state index in [9.17, 15) is 5.11 Å². The Morgan fingerprint density at radius 3 is 1.81 bits per heavy atom. The molecule has 0 amide bonds. The lowest BCUT2D eigenvalue weighted by Gasteiger charge is -2.21. The number of benzene rings is 5. The molecule has 5 aromatic rings. The van der Waals surface area contributed by atoms with Crippen LogP contribution >= 0.6 is 15.9 Å². The van der Waals surface area contributed by atoms with Crippen LogP contribution in [0.15, 0.2) is 114 Å². The number of aromatic hydroxyl groups is 1. The summed E-state index contributed by atoms with van der Waals surface area (Å²) in [5, 5.41) is 13.0. The summed E-state index contributed by atoms with van der Waals surface area (Å²) in [4.78, 5) is 0. The van der Waals surface area contributed by atoms with Gasteiger partial charge in [0.15, 0.2) is 0 Å². The Balaban J connectivity index is 1.90. The lowest BCUT2D eigenvalue weighted by molar-refractivity contribution is 0.476. The van der Waals surface area contributed by atoms with Crippen molar-refractivity contribution in [2.45, 2.75) is 0 Å². The first kappa shape index (κ1) is 19.4. The third-order valence-electron chi connectivity index (χ3n) is 5.28. The number of hydrogen-bond donors (Lipinski definition) is 1. The summed E-state index contributed by atoms with van der Waals surface area (Å²) in [6.45, 7) is 0. The van der Waals surface area contributed by atoms with Crippen molar-refractivity contribution in [2.24, 2.45) is 0 Å². The van der Waals surface area contributed by atoms with Crippen LogP contribution in [-0.4, -0.2) is 5.11 Å². The number of phenols is 1. The SMILES string of the molecule is Oc1c(-c2ccccc2)c(-c2ccccc2)c(Oc2cccc(Br)c2)c2ccccc12. The average molecular weight is 467 g/mol. The van der Waals surface area contributed by atoms with Gasteiger partial charge in [0, 0.05) is 26.4 Å². The lowest BCUT2D eigenvalue weighted by atomic mass is 9.89. The summed E-state index contributed by atoms with van der Waals surface area (Å²) in [6.07, 6.45) is 0. The van der Waals surface area contributed by atoms with Crippen molar-refractivity contribution < 1.29 is 9.84 Å². The molecule has 0 aromatic heterocycles. The first-order valence-corrected chi connectivity index (χ1v) is 10.8. The van der Waals surface area contributed by atoms with Crippen molar-refractivity contribution in [3.8, 4) is 39.5 Å². The van der Waals surface area contributed by atoms with Gasteiger partial charge in [0.25, 0.3) is 0 Å². The Morgan fingerprint density at radius 2 is 1.16 bits per heavy atom. The average Bonchev–Trinajstić information content (AvgIpc) is 2.82. The van der Waals surface area contributed by atoms with Crippen LogP contribution in [0.25, 0.3) is 33.0 Å². The predicted molar refractivity (Wildman–Crippen MR) is 131 cm³/mol. The molecule has 150 valence electrons. The van der Waals surface area contributed by atoms with E-state index in [1.54, 1.807) is 0 Å². The highest BCUT2D eigenvalue weighted by Crippen LogP contribution is 2.51. The Kier molecular flexibility index (Phi) is 5.19. The maximum absolute atomic E-state index is 11.4. The van der Waals surface area contributed by atoms with E-state index in [2.05, 4.69) is 15.9 Å². The summed E-state index contributed by atoms with van der Waals surface area (Å²) in [5.74, 6) is 1.69. The second-order valence-electron chi connectivity index (χ2n) is 7.26. The third kappa shape index (κ3) is 3.69. The quantitative estimate of drug-likeness (QED) is 0.287. The minimum absolute atomic E-state index is 0.252. The van der Waals surface area contributed by atoms with Crippen molar-refractivity contribution in [3.05, 3.63) is 114 Å². The first-order valence-electron chi connectivity index (χ1n) is 10.0. The van der Waals surface area contributed by atoms with E-state index >= 15 is 0 Å². The van der Waals surface area contributed by atoms with Crippen molar-refractivity contribution in [1.29, 1.82) is 0 Å². The van der Waals surface area contributed by atoms with Crippen LogP contribution in [0.2, 0.25) is 0 Å². The third-order valence-corrected chi connectivity index (χ3v) is 5.77. The molecule has 0 fully saturated rings. The van der Waals surface area contributed by atoms with Crippen LogP contribution in [0.5, 0.6) is 17.2 Å². The molecule has 0 saturated carbocycles. The first-order chi connectivity index (χ1) is 15.2. The highest BCUT2D eigenvalue weighted by atomic mass is 79.9. The van der Waals surface area contributed by atoms with Crippen LogP contribution in [0.3, 0.4) is 0 Å². The van der Waals surface area contributed by atoms with Crippen molar-refractivity contribution in [1.82, 2.24) is 0 Å². The topological polar surface area (TPSA) is 29.5 Å². The minimum Gasteiger partial charge on any atom is -0.507 e. The summed E-state index contributed by atoms with van der Waals surface area (Å²) in [5.41, 5.74) is 3.54. The summed E-state index contributed by atoms with van der Waals surface area (Å²) in [7, 11) is 0. The molecule has 5 aromatic carbocycles. The van der Waals surface area contributed by atoms with Gasteiger partial charge in [-0.05, 0) is 29.3 Å². The molecule has 0 atom stereocenters. The molecular weight excluding hydrogens is 448 g/mol. The van der Waals surface area contributed by atoms with Crippen molar-refractivity contribution >= 4 is 26.7 Å². The zero-order valence-electron chi connectivity index (χ0n) is 16.6. The number of ether oxygens (including phenoxy) is 1. The molecule has 0 saturated heterocycles. The summed E-state index contributed by atoms with van der Waals surface area (Å²) >= 11 is 3.53. The molecule has 0 aliphatic heterocycles. The molecular formula is C28H19BrO2. The van der Waals surface area contributed by atoms with Crippen LogP contribution in [0.1, 0.15) is 0 Å². The number of phenolic OH excluding ortho intramolecular Hbond substituents is 1. The molecule has 31 heavy (non-hydrogen) atoms. The predicted octanol–water partition coefficient (Wildman–Crippen LogP) is 8.43. The standard InChI is InChI=1S/C28H19BrO2/c29-21-14-9-15-22(18-21)31-28-24-17-8-7-16-23(24)27(30)25(19-10-3-1-4-11-19)26(28)20-12-5-2-6-13-20/h1-18,30H. The van der Waals surface area contributed by atoms with E-state index in [1.165, 1.54) is 0 Å². The molecule has 2 nitrogen and oxygen atoms in total. The Hall–Kier alpha value is -3.56. The van der Waals surface area contributed by atoms with Gasteiger partial charge in [0.1, 0.15) is 17.2 Å². The molecule has 0 spiro atoms. The largest absolute Gasteiger partial charge is 0.507 e. The summed E-state index contributed by atoms with van der Waals surface area (Å²) < 4.78 is 7.48. The number of fused-ring (bicyclic) bond motifs is 1. The smallest absolute Gasteiger partial charge is 0.143 e. The van der Waals surface area contributed by atoms with Gasteiger partial charge in [0.05, 0.1) is 0 Å². The van der Waals surface area contributed by atoms with E-state index in [4.69, 9.17) is 4.74 Å². The minimum atomic E-state index is 0.252. The van der Waals surface area contributed by atoms with Crippen LogP contribution < -0.4 is 4.74 Å². The molecule has 3 heteroatoms. The maximum atomic E-state index is 11.4. The fourth-order valence-electron chi connectivity index (χ4n) is 3.91. The molecule has 5 rings (SSSR count). The fourth-order valence-corrected chi connectivity index (χ4v) is 4.29. The molecule has 0 radical (unpaired) electrons. The van der Waals surface area contributed by atoms with Gasteiger partial charge in [-0.3, -0.25) is 0 Å². The second kappa shape index (κ2) is 8.29. The summed E-state index contributed by atoms with van der Waals surface area (Å²) in [6, 6.07) is 35.6.